The summed E-state index contributed by atoms with van der Waals surface area (Å²) in [6.07, 6.45) is 1.01. The molecule has 154 valence electrons. The van der Waals surface area contributed by atoms with Crippen molar-refractivity contribution in [2.75, 3.05) is 44.0 Å². The van der Waals surface area contributed by atoms with Gasteiger partial charge in [0.25, 0.3) is 0 Å². The van der Waals surface area contributed by atoms with Crippen molar-refractivity contribution >= 4 is 17.4 Å². The van der Waals surface area contributed by atoms with Gasteiger partial charge in [-0.05, 0) is 61.3 Å². The SMILES string of the molecule is CN(C)CC1Cc2ccccc2N(C(=O)N(C)c2ccc(-c3ccccc3)cc2)C1. The normalized spacial score (nSPS) is 15.7. The minimum Gasteiger partial charge on any atom is -0.309 e. The molecule has 1 aliphatic rings. The molecule has 0 fully saturated rings. The molecule has 4 heteroatoms. The van der Waals surface area contributed by atoms with Crippen LogP contribution in [0.1, 0.15) is 5.56 Å². The van der Waals surface area contributed by atoms with Crippen molar-refractivity contribution in [3.63, 3.8) is 0 Å². The molecule has 4 rings (SSSR count). The fourth-order valence-corrected chi connectivity index (χ4v) is 4.30. The third-order valence-corrected chi connectivity index (χ3v) is 5.73. The van der Waals surface area contributed by atoms with Gasteiger partial charge >= 0.3 is 6.03 Å². The molecule has 2 amide bonds. The molecule has 3 aromatic rings. The maximum Gasteiger partial charge on any atom is 0.328 e. The zero-order chi connectivity index (χ0) is 21.1. The summed E-state index contributed by atoms with van der Waals surface area (Å²) in [4.78, 5) is 19.4. The molecule has 30 heavy (non-hydrogen) atoms. The number of benzene rings is 3. The topological polar surface area (TPSA) is 26.8 Å². The van der Waals surface area contributed by atoms with Crippen LogP contribution in [0, 0.1) is 5.92 Å². The number of hydrogen-bond acceptors (Lipinski definition) is 2. The van der Waals surface area contributed by atoms with Crippen LogP contribution in [0.15, 0.2) is 78.9 Å². The molecule has 1 unspecified atom stereocenters. The van der Waals surface area contributed by atoms with Gasteiger partial charge in [0.15, 0.2) is 0 Å². The number of amides is 2. The Kier molecular flexibility index (Phi) is 5.86. The molecule has 3 aromatic carbocycles. The molecule has 0 N–H and O–H groups in total. The van der Waals surface area contributed by atoms with Gasteiger partial charge < -0.3 is 4.90 Å². The van der Waals surface area contributed by atoms with Crippen molar-refractivity contribution in [1.29, 1.82) is 0 Å². The second kappa shape index (κ2) is 8.72. The van der Waals surface area contributed by atoms with E-state index in [9.17, 15) is 4.79 Å². The van der Waals surface area contributed by atoms with E-state index in [1.165, 1.54) is 11.1 Å². The number of fused-ring (bicyclic) bond motifs is 1. The van der Waals surface area contributed by atoms with Crippen LogP contribution in [-0.2, 0) is 6.42 Å². The van der Waals surface area contributed by atoms with Gasteiger partial charge in [-0.15, -0.1) is 0 Å². The zero-order valence-corrected chi connectivity index (χ0v) is 18.0. The summed E-state index contributed by atoms with van der Waals surface area (Å²) in [6.45, 7) is 1.70. The Labute approximate surface area is 179 Å². The fraction of sp³-hybridized carbons (Fsp3) is 0.269. The molecule has 1 atom stereocenters. The van der Waals surface area contributed by atoms with Crippen LogP contribution in [0.25, 0.3) is 11.1 Å². The van der Waals surface area contributed by atoms with Crippen molar-refractivity contribution in [3.05, 3.63) is 84.4 Å². The fourth-order valence-electron chi connectivity index (χ4n) is 4.30. The molecule has 0 spiro atoms. The summed E-state index contributed by atoms with van der Waals surface area (Å²) in [6, 6.07) is 26.8. The second-order valence-corrected chi connectivity index (χ2v) is 8.33. The lowest BCUT2D eigenvalue weighted by Gasteiger charge is -2.37. The van der Waals surface area contributed by atoms with Crippen LogP contribution in [0.2, 0.25) is 0 Å². The van der Waals surface area contributed by atoms with Crippen molar-refractivity contribution in [1.82, 2.24) is 4.90 Å². The van der Waals surface area contributed by atoms with Gasteiger partial charge in [-0.2, -0.15) is 0 Å². The largest absolute Gasteiger partial charge is 0.328 e. The van der Waals surface area contributed by atoms with Gasteiger partial charge in [-0.3, -0.25) is 9.80 Å². The van der Waals surface area contributed by atoms with E-state index in [0.717, 1.165) is 36.4 Å². The lowest BCUT2D eigenvalue weighted by molar-refractivity contribution is 0.248. The van der Waals surface area contributed by atoms with Crippen molar-refractivity contribution in [3.8, 4) is 11.1 Å². The Morgan fingerprint density at radius 1 is 0.867 bits per heavy atom. The quantitative estimate of drug-likeness (QED) is 0.607. The first-order chi connectivity index (χ1) is 14.5. The average molecular weight is 400 g/mol. The van der Waals surface area contributed by atoms with E-state index in [0.29, 0.717) is 5.92 Å². The van der Waals surface area contributed by atoms with Crippen molar-refractivity contribution in [2.24, 2.45) is 5.92 Å². The molecule has 0 aromatic heterocycles. The molecular weight excluding hydrogens is 370 g/mol. The van der Waals surface area contributed by atoms with Gasteiger partial charge in [0, 0.05) is 31.5 Å². The number of nitrogens with zero attached hydrogens (tertiary/aromatic N) is 3. The molecule has 0 saturated heterocycles. The smallest absolute Gasteiger partial charge is 0.309 e. The van der Waals surface area contributed by atoms with Gasteiger partial charge in [0.05, 0.1) is 0 Å². The predicted molar refractivity (Wildman–Crippen MR) is 125 cm³/mol. The molecule has 1 aliphatic heterocycles. The molecule has 0 aliphatic carbocycles. The summed E-state index contributed by atoms with van der Waals surface area (Å²) in [5.41, 5.74) is 5.50. The first kappa shape index (κ1) is 20.2. The van der Waals surface area contributed by atoms with E-state index in [-0.39, 0.29) is 6.03 Å². The highest BCUT2D eigenvalue weighted by atomic mass is 16.2. The standard InChI is InChI=1S/C26H29N3O/c1-27(2)18-20-17-23-11-7-8-12-25(23)29(19-20)26(30)28(3)24-15-13-22(14-16-24)21-9-5-4-6-10-21/h4-16,20H,17-19H2,1-3H3. The highest BCUT2D eigenvalue weighted by Gasteiger charge is 2.30. The molecule has 1 heterocycles. The van der Waals surface area contributed by atoms with Crippen LogP contribution in [0.3, 0.4) is 0 Å². The number of rotatable bonds is 4. The van der Waals surface area contributed by atoms with Crippen LogP contribution < -0.4 is 9.80 Å². The van der Waals surface area contributed by atoms with E-state index in [1.54, 1.807) is 4.90 Å². The van der Waals surface area contributed by atoms with Crippen molar-refractivity contribution in [2.45, 2.75) is 6.42 Å². The van der Waals surface area contributed by atoms with Gasteiger partial charge in [0.1, 0.15) is 0 Å². The number of hydrogen-bond donors (Lipinski definition) is 0. The highest BCUT2D eigenvalue weighted by Crippen LogP contribution is 2.32. The first-order valence-electron chi connectivity index (χ1n) is 10.5. The Hall–Kier alpha value is -3.11. The number of carbonyl (C=O) groups excluding carboxylic acids is 1. The third kappa shape index (κ3) is 4.24. The van der Waals surface area contributed by atoms with Gasteiger partial charge in [0.2, 0.25) is 0 Å². The summed E-state index contributed by atoms with van der Waals surface area (Å²) >= 11 is 0. The van der Waals surface area contributed by atoms with Crippen LogP contribution in [-0.4, -0.2) is 45.2 Å². The van der Waals surface area contributed by atoms with E-state index < -0.39 is 0 Å². The lowest BCUT2D eigenvalue weighted by atomic mass is 9.92. The van der Waals surface area contributed by atoms with E-state index in [1.807, 2.05) is 48.3 Å². The maximum absolute atomic E-state index is 13.5. The number of urea groups is 1. The Balaban J connectivity index is 1.57. The van der Waals surface area contributed by atoms with Crippen LogP contribution >= 0.6 is 0 Å². The van der Waals surface area contributed by atoms with Gasteiger partial charge in [-0.25, -0.2) is 4.79 Å². The number of anilines is 2. The Morgan fingerprint density at radius 3 is 2.20 bits per heavy atom. The number of para-hydroxylation sites is 1. The highest BCUT2D eigenvalue weighted by molar-refractivity contribution is 6.04. The zero-order valence-electron chi connectivity index (χ0n) is 18.0. The minimum atomic E-state index is 0.0124. The Morgan fingerprint density at radius 2 is 1.50 bits per heavy atom. The van der Waals surface area contributed by atoms with E-state index >= 15 is 0 Å². The van der Waals surface area contributed by atoms with Crippen LogP contribution in [0.5, 0.6) is 0 Å². The lowest BCUT2D eigenvalue weighted by Crippen LogP contribution is -2.48. The van der Waals surface area contributed by atoms with Crippen molar-refractivity contribution < 1.29 is 4.79 Å². The third-order valence-electron chi connectivity index (χ3n) is 5.73. The summed E-state index contributed by atoms with van der Waals surface area (Å²) in [5.74, 6) is 0.424. The maximum atomic E-state index is 13.5. The second-order valence-electron chi connectivity index (χ2n) is 8.33. The van der Waals surface area contributed by atoms with Gasteiger partial charge in [-0.1, -0.05) is 60.7 Å². The monoisotopic (exact) mass is 399 g/mol. The molecule has 0 radical (unpaired) electrons. The van der Waals surface area contributed by atoms with Crippen LogP contribution in [0.4, 0.5) is 16.2 Å². The minimum absolute atomic E-state index is 0.0124. The molecular formula is C26H29N3O. The Bertz CT molecular complexity index is 998. The number of carbonyl (C=O) groups is 1. The molecule has 4 nitrogen and oxygen atoms in total. The molecule has 0 bridgehead atoms. The molecule has 0 saturated carbocycles. The van der Waals surface area contributed by atoms with E-state index in [2.05, 4.69) is 61.5 Å². The predicted octanol–water partition coefficient (Wildman–Crippen LogP) is 5.15. The summed E-state index contributed by atoms with van der Waals surface area (Å²) in [7, 11) is 6.04. The first-order valence-corrected chi connectivity index (χ1v) is 10.5. The summed E-state index contributed by atoms with van der Waals surface area (Å²) < 4.78 is 0. The van der Waals surface area contributed by atoms with E-state index in [4.69, 9.17) is 0 Å². The summed E-state index contributed by atoms with van der Waals surface area (Å²) in [5, 5.41) is 0. The average Bonchev–Trinajstić information content (AvgIpc) is 2.78.